The molecule has 0 saturated carbocycles. The van der Waals surface area contributed by atoms with Crippen LogP contribution in [-0.2, 0) is 11.3 Å². The number of hydrogen-bond donors (Lipinski definition) is 2. The lowest BCUT2D eigenvalue weighted by Gasteiger charge is -2.18. The van der Waals surface area contributed by atoms with Gasteiger partial charge in [-0.25, -0.2) is 0 Å². The van der Waals surface area contributed by atoms with Crippen molar-refractivity contribution in [3.05, 3.63) is 33.9 Å². The highest BCUT2D eigenvalue weighted by molar-refractivity contribution is 5.55. The number of anilines is 1. The van der Waals surface area contributed by atoms with E-state index in [0.717, 1.165) is 6.42 Å². The maximum atomic E-state index is 10.7. The maximum Gasteiger partial charge on any atom is 0.269 e. The first-order valence-corrected chi connectivity index (χ1v) is 6.15. The molecular formula is C13H21N3O3. The third kappa shape index (κ3) is 5.23. The highest BCUT2D eigenvalue weighted by Crippen LogP contribution is 2.23. The topological polar surface area (TPSA) is 90.4 Å². The van der Waals surface area contributed by atoms with E-state index in [1.807, 2.05) is 0 Å². The first kappa shape index (κ1) is 15.4. The zero-order chi connectivity index (χ0) is 14.5. The number of nitrogens with one attached hydrogen (secondary N) is 1. The smallest absolute Gasteiger partial charge is 0.269 e. The molecule has 6 nitrogen and oxygen atoms in total. The molecule has 1 aromatic carbocycles. The fourth-order valence-electron chi connectivity index (χ4n) is 1.51. The van der Waals surface area contributed by atoms with Gasteiger partial charge >= 0.3 is 0 Å². The molecule has 0 aliphatic heterocycles. The average molecular weight is 267 g/mol. The molecule has 0 atom stereocenters. The third-order valence-corrected chi connectivity index (χ3v) is 2.71. The second-order valence-corrected chi connectivity index (χ2v) is 5.61. The van der Waals surface area contributed by atoms with E-state index >= 15 is 0 Å². The van der Waals surface area contributed by atoms with Crippen LogP contribution in [0.4, 0.5) is 11.4 Å². The first-order valence-electron chi connectivity index (χ1n) is 6.15. The van der Waals surface area contributed by atoms with Crippen molar-refractivity contribution in [2.24, 2.45) is 11.3 Å². The number of non-ortho nitro benzene ring substituents is 1. The lowest BCUT2D eigenvalue weighted by atomic mass is 9.93. The van der Waals surface area contributed by atoms with Gasteiger partial charge in [0.1, 0.15) is 0 Å². The monoisotopic (exact) mass is 267 g/mol. The summed E-state index contributed by atoms with van der Waals surface area (Å²) in [7, 11) is 0. The highest BCUT2D eigenvalue weighted by atomic mass is 16.6. The van der Waals surface area contributed by atoms with Crippen molar-refractivity contribution in [2.45, 2.75) is 33.8 Å². The number of nitro groups is 1. The summed E-state index contributed by atoms with van der Waals surface area (Å²) in [5.74, 6) is 5.37. The number of nitro benzene ring substituents is 1. The summed E-state index contributed by atoms with van der Waals surface area (Å²) in [6.45, 7) is 7.32. The number of ether oxygens (including phenoxy) is 1. The molecule has 0 radical (unpaired) electrons. The van der Waals surface area contributed by atoms with Crippen molar-refractivity contribution in [1.29, 1.82) is 0 Å². The lowest BCUT2D eigenvalue weighted by molar-refractivity contribution is -0.384. The van der Waals surface area contributed by atoms with Crippen LogP contribution in [0.25, 0.3) is 0 Å². The van der Waals surface area contributed by atoms with Crippen LogP contribution in [0.5, 0.6) is 0 Å². The normalized spacial score (nSPS) is 11.4. The van der Waals surface area contributed by atoms with Gasteiger partial charge in [-0.05, 0) is 17.9 Å². The molecule has 0 amide bonds. The van der Waals surface area contributed by atoms with Crippen molar-refractivity contribution >= 4 is 11.4 Å². The molecule has 0 spiro atoms. The number of hydrogen-bond acceptors (Lipinski definition) is 5. The van der Waals surface area contributed by atoms with Crippen molar-refractivity contribution in [3.8, 4) is 0 Å². The second-order valence-electron chi connectivity index (χ2n) is 5.61. The molecule has 0 aromatic heterocycles. The molecule has 0 aliphatic rings. The van der Waals surface area contributed by atoms with Crippen LogP contribution >= 0.6 is 0 Å². The summed E-state index contributed by atoms with van der Waals surface area (Å²) in [5.41, 5.74) is 4.08. The Morgan fingerprint density at radius 1 is 1.42 bits per heavy atom. The standard InChI is InChI=1S/C13H21N3O3/c1-13(2,3)6-7-19-9-10-8-11(16(17)18)4-5-12(10)15-14/h4-5,8,15H,6-7,9,14H2,1-3H3. The molecular weight excluding hydrogens is 246 g/mol. The fourth-order valence-corrected chi connectivity index (χ4v) is 1.51. The quantitative estimate of drug-likeness (QED) is 0.358. The largest absolute Gasteiger partial charge is 0.377 e. The van der Waals surface area contributed by atoms with Crippen molar-refractivity contribution in [3.63, 3.8) is 0 Å². The summed E-state index contributed by atoms with van der Waals surface area (Å²) >= 11 is 0. The van der Waals surface area contributed by atoms with Gasteiger partial charge in [-0.1, -0.05) is 20.8 Å². The minimum Gasteiger partial charge on any atom is -0.377 e. The van der Waals surface area contributed by atoms with Gasteiger partial charge in [0.05, 0.1) is 17.2 Å². The molecule has 6 heteroatoms. The minimum absolute atomic E-state index is 0.0356. The van der Waals surface area contributed by atoms with Gasteiger partial charge in [-0.15, -0.1) is 0 Å². The van der Waals surface area contributed by atoms with Crippen LogP contribution in [0, 0.1) is 15.5 Å². The summed E-state index contributed by atoms with van der Waals surface area (Å²) in [4.78, 5) is 10.3. The molecule has 19 heavy (non-hydrogen) atoms. The summed E-state index contributed by atoms with van der Waals surface area (Å²) < 4.78 is 5.55. The molecule has 0 saturated heterocycles. The molecule has 106 valence electrons. The summed E-state index contributed by atoms with van der Waals surface area (Å²) in [5, 5.41) is 10.7. The molecule has 1 aromatic rings. The predicted molar refractivity (Wildman–Crippen MR) is 74.6 cm³/mol. The maximum absolute atomic E-state index is 10.7. The van der Waals surface area contributed by atoms with Gasteiger partial charge in [0.15, 0.2) is 0 Å². The highest BCUT2D eigenvalue weighted by Gasteiger charge is 2.12. The van der Waals surface area contributed by atoms with Gasteiger partial charge in [-0.2, -0.15) is 0 Å². The van der Waals surface area contributed by atoms with Crippen LogP contribution in [0.1, 0.15) is 32.8 Å². The molecule has 0 bridgehead atoms. The minimum atomic E-state index is -0.432. The Bertz CT molecular complexity index is 441. The number of benzene rings is 1. The first-order chi connectivity index (χ1) is 8.83. The molecule has 0 fully saturated rings. The van der Waals surface area contributed by atoms with Crippen LogP contribution in [0.3, 0.4) is 0 Å². The zero-order valence-corrected chi connectivity index (χ0v) is 11.6. The Balaban J connectivity index is 2.65. The van der Waals surface area contributed by atoms with E-state index < -0.39 is 4.92 Å². The van der Waals surface area contributed by atoms with E-state index in [9.17, 15) is 10.1 Å². The van der Waals surface area contributed by atoms with Crippen molar-refractivity contribution in [1.82, 2.24) is 0 Å². The van der Waals surface area contributed by atoms with Crippen LogP contribution in [0.15, 0.2) is 18.2 Å². The van der Waals surface area contributed by atoms with Crippen LogP contribution < -0.4 is 11.3 Å². The molecule has 0 unspecified atom stereocenters. The van der Waals surface area contributed by atoms with Crippen molar-refractivity contribution in [2.75, 3.05) is 12.0 Å². The summed E-state index contributed by atoms with van der Waals surface area (Å²) in [6, 6.07) is 4.47. The third-order valence-electron chi connectivity index (χ3n) is 2.71. The van der Waals surface area contributed by atoms with Gasteiger partial charge in [0, 0.05) is 24.3 Å². The lowest BCUT2D eigenvalue weighted by Crippen LogP contribution is -2.12. The van der Waals surface area contributed by atoms with E-state index in [0.29, 0.717) is 24.5 Å². The summed E-state index contributed by atoms with van der Waals surface area (Å²) in [6.07, 6.45) is 0.924. The van der Waals surface area contributed by atoms with Gasteiger partial charge in [0.25, 0.3) is 5.69 Å². The number of nitrogens with two attached hydrogens (primary N) is 1. The van der Waals surface area contributed by atoms with Crippen molar-refractivity contribution < 1.29 is 9.66 Å². The Hall–Kier alpha value is -1.66. The van der Waals surface area contributed by atoms with Crippen LogP contribution in [0.2, 0.25) is 0 Å². The Morgan fingerprint density at radius 2 is 2.11 bits per heavy atom. The Labute approximate surface area is 113 Å². The number of hydrazine groups is 1. The molecule has 0 aliphatic carbocycles. The van der Waals surface area contributed by atoms with Gasteiger partial charge in [-0.3, -0.25) is 16.0 Å². The fraction of sp³-hybridized carbons (Fsp3) is 0.538. The Morgan fingerprint density at radius 3 is 2.63 bits per heavy atom. The average Bonchev–Trinajstić information content (AvgIpc) is 2.33. The second kappa shape index (κ2) is 6.49. The number of nitrogens with zero attached hydrogens (tertiary/aromatic N) is 1. The van der Waals surface area contributed by atoms with Crippen LogP contribution in [-0.4, -0.2) is 11.5 Å². The van der Waals surface area contributed by atoms with E-state index in [4.69, 9.17) is 10.6 Å². The zero-order valence-electron chi connectivity index (χ0n) is 11.6. The van der Waals surface area contributed by atoms with E-state index in [-0.39, 0.29) is 11.1 Å². The number of nitrogen functional groups attached to an aromatic ring is 1. The molecule has 0 heterocycles. The molecule has 3 N–H and O–H groups in total. The Kier molecular flexibility index (Phi) is 5.26. The number of rotatable bonds is 6. The predicted octanol–water partition coefficient (Wildman–Crippen LogP) is 2.83. The van der Waals surface area contributed by atoms with E-state index in [1.54, 1.807) is 6.07 Å². The van der Waals surface area contributed by atoms with Gasteiger partial charge in [0.2, 0.25) is 0 Å². The SMILES string of the molecule is CC(C)(C)CCOCc1cc([N+](=O)[O-])ccc1NN. The van der Waals surface area contributed by atoms with E-state index in [2.05, 4.69) is 26.2 Å². The van der Waals surface area contributed by atoms with Gasteiger partial charge < -0.3 is 10.2 Å². The van der Waals surface area contributed by atoms with E-state index in [1.165, 1.54) is 12.1 Å². The molecule has 1 rings (SSSR count).